The van der Waals surface area contributed by atoms with Crippen LogP contribution in [0.1, 0.15) is 23.7 Å². The van der Waals surface area contributed by atoms with Crippen LogP contribution in [0.15, 0.2) is 24.3 Å². The lowest BCUT2D eigenvalue weighted by molar-refractivity contribution is 0.0707. The standard InChI is InChI=1S/C15H22ClNO3/c1-3-10-20-14-6-4-5-13(12-14)15(18)17(8-7-16)9-11-19-2/h4-6,12H,3,7-11H2,1-2H3. The third-order valence-corrected chi connectivity index (χ3v) is 2.93. The van der Waals surface area contributed by atoms with Crippen LogP contribution in [0.2, 0.25) is 0 Å². The Morgan fingerprint density at radius 3 is 2.75 bits per heavy atom. The highest BCUT2D eigenvalue weighted by atomic mass is 35.5. The monoisotopic (exact) mass is 299 g/mol. The Morgan fingerprint density at radius 1 is 1.30 bits per heavy atom. The van der Waals surface area contributed by atoms with Crippen LogP contribution in [0.5, 0.6) is 5.75 Å². The van der Waals surface area contributed by atoms with Crippen LogP contribution in [0.25, 0.3) is 0 Å². The Kier molecular flexibility index (Phi) is 8.07. The van der Waals surface area contributed by atoms with Crippen LogP contribution in [0.3, 0.4) is 0 Å². The van der Waals surface area contributed by atoms with Gasteiger partial charge < -0.3 is 14.4 Å². The lowest BCUT2D eigenvalue weighted by Gasteiger charge is -2.21. The third kappa shape index (κ3) is 5.39. The van der Waals surface area contributed by atoms with E-state index in [1.165, 1.54) is 0 Å². The van der Waals surface area contributed by atoms with Gasteiger partial charge in [0.05, 0.1) is 13.2 Å². The zero-order valence-corrected chi connectivity index (χ0v) is 12.9. The summed E-state index contributed by atoms with van der Waals surface area (Å²) in [5.41, 5.74) is 0.611. The first kappa shape index (κ1) is 16.8. The van der Waals surface area contributed by atoms with Crippen LogP contribution in [0, 0.1) is 0 Å². The molecule has 0 unspecified atom stereocenters. The summed E-state index contributed by atoms with van der Waals surface area (Å²) in [6.07, 6.45) is 0.935. The topological polar surface area (TPSA) is 38.8 Å². The first-order valence-electron chi connectivity index (χ1n) is 6.80. The van der Waals surface area contributed by atoms with Gasteiger partial charge in [-0.2, -0.15) is 0 Å². The van der Waals surface area contributed by atoms with Crippen LogP contribution in [-0.2, 0) is 4.74 Å². The van der Waals surface area contributed by atoms with E-state index in [0.717, 1.165) is 12.2 Å². The number of alkyl halides is 1. The summed E-state index contributed by atoms with van der Waals surface area (Å²) in [5.74, 6) is 1.07. The summed E-state index contributed by atoms with van der Waals surface area (Å²) < 4.78 is 10.6. The van der Waals surface area contributed by atoms with Crippen LogP contribution in [0.4, 0.5) is 0 Å². The molecule has 0 radical (unpaired) electrons. The average molecular weight is 300 g/mol. The second-order valence-electron chi connectivity index (χ2n) is 4.35. The first-order chi connectivity index (χ1) is 9.72. The second-order valence-corrected chi connectivity index (χ2v) is 4.73. The molecule has 0 bridgehead atoms. The molecule has 1 aromatic rings. The van der Waals surface area contributed by atoms with Crippen molar-refractivity contribution in [2.24, 2.45) is 0 Å². The molecule has 5 heteroatoms. The third-order valence-electron chi connectivity index (χ3n) is 2.76. The van der Waals surface area contributed by atoms with Crippen LogP contribution in [-0.4, -0.2) is 50.1 Å². The van der Waals surface area contributed by atoms with E-state index in [1.54, 1.807) is 24.1 Å². The number of benzene rings is 1. The summed E-state index contributed by atoms with van der Waals surface area (Å²) in [4.78, 5) is 14.1. The molecule has 0 aliphatic carbocycles. The molecule has 1 amide bonds. The summed E-state index contributed by atoms with van der Waals surface area (Å²) in [7, 11) is 1.61. The number of hydrogen-bond acceptors (Lipinski definition) is 3. The van der Waals surface area contributed by atoms with Gasteiger partial charge in [0.15, 0.2) is 0 Å². The molecule has 112 valence electrons. The Labute approximate surface area is 125 Å². The summed E-state index contributed by atoms with van der Waals surface area (Å²) in [5, 5.41) is 0. The maximum Gasteiger partial charge on any atom is 0.254 e. The number of rotatable bonds is 9. The molecule has 20 heavy (non-hydrogen) atoms. The number of carbonyl (C=O) groups is 1. The Hall–Kier alpha value is -1.26. The molecule has 0 aliphatic heterocycles. The Morgan fingerprint density at radius 2 is 2.10 bits per heavy atom. The molecular weight excluding hydrogens is 278 g/mol. The minimum absolute atomic E-state index is 0.0513. The summed E-state index contributed by atoms with van der Waals surface area (Å²) in [6, 6.07) is 7.24. The largest absolute Gasteiger partial charge is 0.494 e. The minimum Gasteiger partial charge on any atom is -0.494 e. The second kappa shape index (κ2) is 9.61. The Balaban J connectivity index is 2.76. The van der Waals surface area contributed by atoms with Crippen LogP contribution < -0.4 is 4.74 Å². The van der Waals surface area contributed by atoms with E-state index >= 15 is 0 Å². The van der Waals surface area contributed by atoms with Crippen molar-refractivity contribution < 1.29 is 14.3 Å². The highest BCUT2D eigenvalue weighted by Crippen LogP contribution is 2.15. The molecule has 0 fully saturated rings. The predicted octanol–water partition coefficient (Wildman–Crippen LogP) is 2.80. The molecular formula is C15H22ClNO3. The van der Waals surface area contributed by atoms with Gasteiger partial charge in [0.25, 0.3) is 5.91 Å². The smallest absolute Gasteiger partial charge is 0.254 e. The van der Waals surface area contributed by atoms with Gasteiger partial charge in [-0.15, -0.1) is 11.6 Å². The van der Waals surface area contributed by atoms with Crippen LogP contribution >= 0.6 is 11.6 Å². The number of carbonyl (C=O) groups excluding carboxylic acids is 1. The van der Waals surface area contributed by atoms with Gasteiger partial charge in [-0.3, -0.25) is 4.79 Å². The number of ether oxygens (including phenoxy) is 2. The highest BCUT2D eigenvalue weighted by molar-refractivity contribution is 6.18. The zero-order valence-electron chi connectivity index (χ0n) is 12.1. The van der Waals surface area contributed by atoms with Crippen molar-refractivity contribution in [3.8, 4) is 5.75 Å². The molecule has 0 spiro atoms. The number of amides is 1. The average Bonchev–Trinajstić information content (AvgIpc) is 2.49. The van der Waals surface area contributed by atoms with E-state index in [4.69, 9.17) is 21.1 Å². The first-order valence-corrected chi connectivity index (χ1v) is 7.33. The molecule has 0 saturated carbocycles. The minimum atomic E-state index is -0.0513. The SMILES string of the molecule is CCCOc1cccc(C(=O)N(CCCl)CCOC)c1. The predicted molar refractivity (Wildman–Crippen MR) is 80.7 cm³/mol. The summed E-state index contributed by atoms with van der Waals surface area (Å²) in [6.45, 7) is 4.22. The van der Waals surface area contributed by atoms with Crippen molar-refractivity contribution in [1.82, 2.24) is 4.90 Å². The molecule has 4 nitrogen and oxygen atoms in total. The lowest BCUT2D eigenvalue weighted by Crippen LogP contribution is -2.35. The normalized spacial score (nSPS) is 10.3. The van der Waals surface area contributed by atoms with E-state index in [-0.39, 0.29) is 5.91 Å². The van der Waals surface area contributed by atoms with Gasteiger partial charge in [0.1, 0.15) is 5.75 Å². The van der Waals surface area contributed by atoms with Crippen molar-refractivity contribution in [2.75, 3.05) is 39.3 Å². The molecule has 1 aromatic carbocycles. The fourth-order valence-electron chi connectivity index (χ4n) is 1.74. The van der Waals surface area contributed by atoms with Gasteiger partial charge in [-0.1, -0.05) is 13.0 Å². The quantitative estimate of drug-likeness (QED) is 0.658. The molecule has 0 aliphatic rings. The number of nitrogens with zero attached hydrogens (tertiary/aromatic N) is 1. The fraction of sp³-hybridized carbons (Fsp3) is 0.533. The fourth-order valence-corrected chi connectivity index (χ4v) is 1.94. The molecule has 0 saturated heterocycles. The van der Waals surface area contributed by atoms with Gasteiger partial charge >= 0.3 is 0 Å². The lowest BCUT2D eigenvalue weighted by atomic mass is 10.2. The van der Waals surface area contributed by atoms with Gasteiger partial charge in [-0.25, -0.2) is 0 Å². The zero-order chi connectivity index (χ0) is 14.8. The van der Waals surface area contributed by atoms with Gasteiger partial charge in [-0.05, 0) is 24.6 Å². The van der Waals surface area contributed by atoms with E-state index in [1.807, 2.05) is 19.1 Å². The highest BCUT2D eigenvalue weighted by Gasteiger charge is 2.15. The van der Waals surface area contributed by atoms with E-state index in [0.29, 0.717) is 37.7 Å². The molecule has 0 aromatic heterocycles. The van der Waals surface area contributed by atoms with E-state index in [9.17, 15) is 4.79 Å². The Bertz CT molecular complexity index is 412. The maximum atomic E-state index is 12.4. The molecule has 0 N–H and O–H groups in total. The number of hydrogen-bond donors (Lipinski definition) is 0. The van der Waals surface area contributed by atoms with E-state index in [2.05, 4.69) is 0 Å². The van der Waals surface area contributed by atoms with Crippen molar-refractivity contribution in [3.05, 3.63) is 29.8 Å². The van der Waals surface area contributed by atoms with Crippen molar-refractivity contribution >= 4 is 17.5 Å². The van der Waals surface area contributed by atoms with Gasteiger partial charge in [0, 0.05) is 31.6 Å². The summed E-state index contributed by atoms with van der Waals surface area (Å²) >= 11 is 5.75. The maximum absolute atomic E-state index is 12.4. The van der Waals surface area contributed by atoms with E-state index < -0.39 is 0 Å². The molecule has 0 atom stereocenters. The molecule has 0 heterocycles. The van der Waals surface area contributed by atoms with Crippen molar-refractivity contribution in [3.63, 3.8) is 0 Å². The van der Waals surface area contributed by atoms with Crippen molar-refractivity contribution in [1.29, 1.82) is 0 Å². The van der Waals surface area contributed by atoms with Gasteiger partial charge in [0.2, 0.25) is 0 Å². The number of halogens is 1. The van der Waals surface area contributed by atoms with Crippen molar-refractivity contribution in [2.45, 2.75) is 13.3 Å². The number of methoxy groups -OCH3 is 1. The molecule has 1 rings (SSSR count).